The van der Waals surface area contributed by atoms with Gasteiger partial charge in [0.05, 0.1) is 12.7 Å². The van der Waals surface area contributed by atoms with Crippen molar-refractivity contribution < 1.29 is 4.74 Å². The first-order chi connectivity index (χ1) is 9.74. The predicted octanol–water partition coefficient (Wildman–Crippen LogP) is 2.14. The van der Waals surface area contributed by atoms with Gasteiger partial charge in [0.25, 0.3) is 0 Å². The summed E-state index contributed by atoms with van der Waals surface area (Å²) in [7, 11) is 1.60. The van der Waals surface area contributed by atoms with E-state index in [0.29, 0.717) is 17.4 Å². The smallest absolute Gasteiger partial charge is 0.136 e. The Morgan fingerprint density at radius 3 is 2.80 bits per heavy atom. The van der Waals surface area contributed by atoms with Crippen molar-refractivity contribution in [1.82, 2.24) is 10.2 Å². The van der Waals surface area contributed by atoms with E-state index in [0.717, 1.165) is 18.7 Å². The monoisotopic (exact) mass is 273 g/mol. The lowest BCUT2D eigenvalue weighted by Gasteiger charge is -2.24. The van der Waals surface area contributed by atoms with E-state index < -0.39 is 0 Å². The topological polar surface area (TPSA) is 48.3 Å². The molecule has 108 valence electrons. The number of rotatable bonds is 6. The number of nitrogens with one attached hydrogen (secondary N) is 1. The first-order valence-electron chi connectivity index (χ1n) is 7.26. The van der Waals surface area contributed by atoms with Gasteiger partial charge >= 0.3 is 0 Å². The highest BCUT2D eigenvalue weighted by Gasteiger charge is 2.17. The molecule has 4 nitrogen and oxygen atoms in total. The summed E-state index contributed by atoms with van der Waals surface area (Å²) in [5, 5.41) is 12.4. The van der Waals surface area contributed by atoms with Gasteiger partial charge in [0.1, 0.15) is 11.8 Å². The zero-order valence-corrected chi connectivity index (χ0v) is 12.4. The van der Waals surface area contributed by atoms with Gasteiger partial charge in [0.2, 0.25) is 0 Å². The fourth-order valence-corrected chi connectivity index (χ4v) is 2.67. The maximum atomic E-state index is 8.96. The molecule has 0 saturated carbocycles. The van der Waals surface area contributed by atoms with Gasteiger partial charge in [-0.2, -0.15) is 5.26 Å². The number of methoxy groups -OCH3 is 1. The highest BCUT2D eigenvalue weighted by molar-refractivity contribution is 5.45. The molecule has 0 aliphatic carbocycles. The zero-order chi connectivity index (χ0) is 14.4. The number of hydrogen-bond donors (Lipinski definition) is 1. The summed E-state index contributed by atoms with van der Waals surface area (Å²) < 4.78 is 5.23. The largest absolute Gasteiger partial charge is 0.495 e. The molecule has 1 aliphatic heterocycles. The molecule has 1 aliphatic rings. The van der Waals surface area contributed by atoms with Crippen LogP contribution in [0.15, 0.2) is 18.2 Å². The summed E-state index contributed by atoms with van der Waals surface area (Å²) in [5.74, 6) is 0.652. The van der Waals surface area contributed by atoms with Crippen LogP contribution in [0.3, 0.4) is 0 Å². The SMILES string of the molecule is COc1cc(CNCC(C)N2CCCC2)ccc1C#N. The summed E-state index contributed by atoms with van der Waals surface area (Å²) in [6, 6.07) is 8.45. The second-order valence-electron chi connectivity index (χ2n) is 5.37. The first kappa shape index (κ1) is 14.8. The van der Waals surface area contributed by atoms with Crippen molar-refractivity contribution in [3.05, 3.63) is 29.3 Å². The van der Waals surface area contributed by atoms with Crippen LogP contribution < -0.4 is 10.1 Å². The minimum atomic E-state index is 0.581. The Bertz CT molecular complexity index is 475. The summed E-state index contributed by atoms with van der Waals surface area (Å²) >= 11 is 0. The van der Waals surface area contributed by atoms with Crippen molar-refractivity contribution in [2.75, 3.05) is 26.7 Å². The first-order valence-corrected chi connectivity index (χ1v) is 7.26. The fourth-order valence-electron chi connectivity index (χ4n) is 2.67. The van der Waals surface area contributed by atoms with Crippen LogP contribution in [0.4, 0.5) is 0 Å². The van der Waals surface area contributed by atoms with Crippen LogP contribution in [-0.4, -0.2) is 37.7 Å². The Labute approximate surface area is 121 Å². The lowest BCUT2D eigenvalue weighted by Crippen LogP contribution is -2.38. The molecule has 0 spiro atoms. The van der Waals surface area contributed by atoms with Gasteiger partial charge in [-0.05, 0) is 50.6 Å². The zero-order valence-electron chi connectivity index (χ0n) is 12.4. The molecule has 1 aromatic carbocycles. The number of nitriles is 1. The van der Waals surface area contributed by atoms with Crippen molar-refractivity contribution in [2.24, 2.45) is 0 Å². The molecule has 1 atom stereocenters. The highest BCUT2D eigenvalue weighted by atomic mass is 16.5. The van der Waals surface area contributed by atoms with Gasteiger partial charge in [-0.3, -0.25) is 4.90 Å². The maximum Gasteiger partial charge on any atom is 0.136 e. The second-order valence-corrected chi connectivity index (χ2v) is 5.37. The Morgan fingerprint density at radius 2 is 2.15 bits per heavy atom. The van der Waals surface area contributed by atoms with Crippen LogP contribution >= 0.6 is 0 Å². The number of nitrogens with zero attached hydrogens (tertiary/aromatic N) is 2. The molecule has 1 fully saturated rings. The van der Waals surface area contributed by atoms with E-state index in [9.17, 15) is 0 Å². The van der Waals surface area contributed by atoms with E-state index in [-0.39, 0.29) is 0 Å². The standard InChI is InChI=1S/C16H23N3O/c1-13(19-7-3-4-8-19)11-18-12-14-5-6-15(10-17)16(9-14)20-2/h5-6,9,13,18H,3-4,7-8,11-12H2,1-2H3. The lowest BCUT2D eigenvalue weighted by molar-refractivity contribution is 0.251. The van der Waals surface area contributed by atoms with Gasteiger partial charge in [-0.15, -0.1) is 0 Å². The molecule has 20 heavy (non-hydrogen) atoms. The lowest BCUT2D eigenvalue weighted by atomic mass is 10.1. The van der Waals surface area contributed by atoms with E-state index in [1.807, 2.05) is 18.2 Å². The van der Waals surface area contributed by atoms with Crippen LogP contribution in [0.25, 0.3) is 0 Å². The molecule has 0 radical (unpaired) electrons. The van der Waals surface area contributed by atoms with Crippen molar-refractivity contribution in [2.45, 2.75) is 32.4 Å². The van der Waals surface area contributed by atoms with Crippen molar-refractivity contribution in [1.29, 1.82) is 5.26 Å². The van der Waals surface area contributed by atoms with Crippen molar-refractivity contribution >= 4 is 0 Å². The number of likely N-dealkylation sites (tertiary alicyclic amines) is 1. The van der Waals surface area contributed by atoms with E-state index in [1.165, 1.54) is 25.9 Å². The van der Waals surface area contributed by atoms with E-state index in [1.54, 1.807) is 7.11 Å². The Morgan fingerprint density at radius 1 is 1.40 bits per heavy atom. The van der Waals surface area contributed by atoms with Crippen molar-refractivity contribution in [3.8, 4) is 11.8 Å². The number of hydrogen-bond acceptors (Lipinski definition) is 4. The Hall–Kier alpha value is -1.57. The average molecular weight is 273 g/mol. The number of ether oxygens (including phenoxy) is 1. The summed E-state index contributed by atoms with van der Waals surface area (Å²) in [4.78, 5) is 2.53. The van der Waals surface area contributed by atoms with E-state index >= 15 is 0 Å². The maximum absolute atomic E-state index is 8.96. The van der Waals surface area contributed by atoms with Gasteiger partial charge in [-0.25, -0.2) is 0 Å². The molecule has 0 aromatic heterocycles. The Balaban J connectivity index is 1.83. The van der Waals surface area contributed by atoms with Crippen molar-refractivity contribution in [3.63, 3.8) is 0 Å². The average Bonchev–Trinajstić information content (AvgIpc) is 3.01. The second kappa shape index (κ2) is 7.28. The molecule has 1 aromatic rings. The third-order valence-electron chi connectivity index (χ3n) is 3.92. The highest BCUT2D eigenvalue weighted by Crippen LogP contribution is 2.19. The molecule has 0 bridgehead atoms. The molecule has 0 amide bonds. The van der Waals surface area contributed by atoms with Crippen LogP contribution in [0.2, 0.25) is 0 Å². The van der Waals surface area contributed by atoms with Crippen LogP contribution in [0.5, 0.6) is 5.75 Å². The van der Waals surface area contributed by atoms with E-state index in [2.05, 4.69) is 23.2 Å². The normalized spacial score (nSPS) is 16.9. The molecule has 2 rings (SSSR count). The van der Waals surface area contributed by atoms with Crippen LogP contribution in [-0.2, 0) is 6.54 Å². The predicted molar refractivity (Wildman–Crippen MR) is 79.7 cm³/mol. The summed E-state index contributed by atoms with van der Waals surface area (Å²) in [5.41, 5.74) is 1.73. The molecule has 1 N–H and O–H groups in total. The molecule has 4 heteroatoms. The quantitative estimate of drug-likeness (QED) is 0.862. The summed E-state index contributed by atoms with van der Waals surface area (Å²) in [6.07, 6.45) is 2.66. The molecular weight excluding hydrogens is 250 g/mol. The van der Waals surface area contributed by atoms with Gasteiger partial charge < -0.3 is 10.1 Å². The third kappa shape index (κ3) is 3.72. The van der Waals surface area contributed by atoms with Gasteiger partial charge in [0, 0.05) is 19.1 Å². The van der Waals surface area contributed by atoms with Crippen LogP contribution in [0, 0.1) is 11.3 Å². The molecule has 1 saturated heterocycles. The molecular formula is C16H23N3O. The number of benzene rings is 1. The van der Waals surface area contributed by atoms with Crippen LogP contribution in [0.1, 0.15) is 30.9 Å². The summed E-state index contributed by atoms with van der Waals surface area (Å²) in [6.45, 7) is 6.53. The molecule has 1 unspecified atom stereocenters. The minimum absolute atomic E-state index is 0.581. The fraction of sp³-hybridized carbons (Fsp3) is 0.562. The minimum Gasteiger partial charge on any atom is -0.495 e. The third-order valence-corrected chi connectivity index (χ3v) is 3.92. The van der Waals surface area contributed by atoms with Gasteiger partial charge in [-0.1, -0.05) is 6.07 Å². The van der Waals surface area contributed by atoms with Gasteiger partial charge in [0.15, 0.2) is 0 Å². The van der Waals surface area contributed by atoms with E-state index in [4.69, 9.17) is 10.00 Å². The Kier molecular flexibility index (Phi) is 5.40. The molecule has 1 heterocycles.